The van der Waals surface area contributed by atoms with E-state index in [9.17, 15) is 18.0 Å². The monoisotopic (exact) mass is 289 g/mol. The summed E-state index contributed by atoms with van der Waals surface area (Å²) < 4.78 is 37.6. The summed E-state index contributed by atoms with van der Waals surface area (Å²) in [6, 6.07) is 4.90. The zero-order valence-corrected chi connectivity index (χ0v) is 10.1. The lowest BCUT2D eigenvalue weighted by Gasteiger charge is -2.09. The number of benzene rings is 1. The van der Waals surface area contributed by atoms with E-state index in [1.54, 1.807) is 0 Å². The molecule has 0 saturated heterocycles. The Hall–Kier alpha value is -1.82. The highest BCUT2D eigenvalue weighted by atomic mass is 35.5. The minimum atomic E-state index is -4.57. The second-order valence-corrected chi connectivity index (χ2v) is 4.32. The van der Waals surface area contributed by atoms with E-state index in [2.05, 4.69) is 4.98 Å². The summed E-state index contributed by atoms with van der Waals surface area (Å²) >= 11 is 5.79. The third-order valence-corrected chi connectivity index (χ3v) is 2.78. The summed E-state index contributed by atoms with van der Waals surface area (Å²) in [5.74, 6) is -1.03. The van der Waals surface area contributed by atoms with Gasteiger partial charge in [-0.15, -0.1) is 0 Å². The highest BCUT2D eigenvalue weighted by Gasteiger charge is 2.33. The van der Waals surface area contributed by atoms with Crippen molar-refractivity contribution in [1.82, 2.24) is 4.98 Å². The Kier molecular flexibility index (Phi) is 3.36. The SMILES string of the molecule is O=C(O)Cc1ccc2nc(C(F)(F)F)cc(Cl)c2c1. The highest BCUT2D eigenvalue weighted by Crippen LogP contribution is 2.33. The van der Waals surface area contributed by atoms with Crippen LogP contribution >= 0.6 is 11.6 Å². The van der Waals surface area contributed by atoms with Crippen molar-refractivity contribution in [2.45, 2.75) is 12.6 Å². The van der Waals surface area contributed by atoms with Crippen molar-refractivity contribution in [2.24, 2.45) is 0 Å². The molecule has 3 nitrogen and oxygen atoms in total. The molecule has 1 aromatic heterocycles. The predicted octanol–water partition coefficient (Wildman–Crippen LogP) is 3.53. The molecule has 0 aliphatic carbocycles. The number of halogens is 4. The van der Waals surface area contributed by atoms with Gasteiger partial charge in [-0.1, -0.05) is 17.7 Å². The minimum Gasteiger partial charge on any atom is -0.481 e. The van der Waals surface area contributed by atoms with Gasteiger partial charge in [0, 0.05) is 5.39 Å². The third-order valence-electron chi connectivity index (χ3n) is 2.47. The maximum atomic E-state index is 12.5. The van der Waals surface area contributed by atoms with Crippen LogP contribution in [-0.2, 0) is 17.4 Å². The van der Waals surface area contributed by atoms with Crippen LogP contribution in [0.1, 0.15) is 11.3 Å². The molecule has 1 N–H and O–H groups in total. The van der Waals surface area contributed by atoms with Crippen LogP contribution in [0.5, 0.6) is 0 Å². The van der Waals surface area contributed by atoms with E-state index in [0.29, 0.717) is 10.9 Å². The molecule has 19 heavy (non-hydrogen) atoms. The maximum Gasteiger partial charge on any atom is 0.433 e. The first-order valence-corrected chi connectivity index (χ1v) is 5.53. The van der Waals surface area contributed by atoms with Gasteiger partial charge in [0.25, 0.3) is 0 Å². The number of aliphatic carboxylic acids is 1. The number of hydrogen-bond donors (Lipinski definition) is 1. The zero-order valence-electron chi connectivity index (χ0n) is 9.33. The van der Waals surface area contributed by atoms with E-state index in [-0.39, 0.29) is 17.0 Å². The number of nitrogens with zero attached hydrogens (tertiary/aromatic N) is 1. The van der Waals surface area contributed by atoms with E-state index < -0.39 is 17.8 Å². The summed E-state index contributed by atoms with van der Waals surface area (Å²) in [6.45, 7) is 0. The van der Waals surface area contributed by atoms with Crippen LogP contribution in [0, 0.1) is 0 Å². The number of carbonyl (C=O) groups is 1. The highest BCUT2D eigenvalue weighted by molar-refractivity contribution is 6.35. The Morgan fingerprint density at radius 1 is 1.32 bits per heavy atom. The summed E-state index contributed by atoms with van der Waals surface area (Å²) in [5, 5.41) is 8.85. The average Bonchev–Trinajstić information content (AvgIpc) is 2.27. The summed E-state index contributed by atoms with van der Waals surface area (Å²) in [5.41, 5.74) is -0.548. The second-order valence-electron chi connectivity index (χ2n) is 3.91. The van der Waals surface area contributed by atoms with Gasteiger partial charge >= 0.3 is 12.1 Å². The van der Waals surface area contributed by atoms with Crippen LogP contribution < -0.4 is 0 Å². The first kappa shape index (κ1) is 13.6. The normalized spacial score (nSPS) is 11.8. The lowest BCUT2D eigenvalue weighted by molar-refractivity contribution is -0.141. The van der Waals surface area contributed by atoms with Crippen molar-refractivity contribution in [2.75, 3.05) is 0 Å². The van der Waals surface area contributed by atoms with Crippen LogP contribution in [-0.4, -0.2) is 16.1 Å². The standard InChI is InChI=1S/C12H7ClF3NO2/c13-8-5-10(12(14,15)16)17-9-2-1-6(3-7(8)9)4-11(18)19/h1-3,5H,4H2,(H,18,19). The molecule has 1 aromatic carbocycles. The van der Waals surface area contributed by atoms with Crippen molar-refractivity contribution in [3.63, 3.8) is 0 Å². The van der Waals surface area contributed by atoms with Gasteiger partial charge in [-0.25, -0.2) is 4.98 Å². The van der Waals surface area contributed by atoms with Crippen molar-refractivity contribution in [3.05, 3.63) is 40.5 Å². The topological polar surface area (TPSA) is 50.2 Å². The lowest BCUT2D eigenvalue weighted by Crippen LogP contribution is -2.08. The van der Waals surface area contributed by atoms with Crippen molar-refractivity contribution in [1.29, 1.82) is 0 Å². The minimum absolute atomic E-state index is 0.0777. The number of pyridine rings is 1. The average molecular weight is 290 g/mol. The Balaban J connectivity index is 2.57. The van der Waals surface area contributed by atoms with Crippen LogP contribution in [0.3, 0.4) is 0 Å². The van der Waals surface area contributed by atoms with Crippen molar-refractivity contribution in [3.8, 4) is 0 Å². The van der Waals surface area contributed by atoms with Gasteiger partial charge in [0.15, 0.2) is 0 Å². The molecule has 2 rings (SSSR count). The number of carboxylic acid groups (broad SMARTS) is 1. The molecule has 0 atom stereocenters. The van der Waals surface area contributed by atoms with Crippen LogP contribution in [0.4, 0.5) is 13.2 Å². The summed E-state index contributed by atoms with van der Waals surface area (Å²) in [6.07, 6.45) is -4.80. The molecular weight excluding hydrogens is 283 g/mol. The fourth-order valence-electron chi connectivity index (χ4n) is 1.66. The molecular formula is C12H7ClF3NO2. The quantitative estimate of drug-likeness (QED) is 0.920. The van der Waals surface area contributed by atoms with E-state index in [1.807, 2.05) is 0 Å². The maximum absolute atomic E-state index is 12.5. The fourth-order valence-corrected chi connectivity index (χ4v) is 1.92. The molecule has 0 fully saturated rings. The number of hydrogen-bond acceptors (Lipinski definition) is 2. The van der Waals surface area contributed by atoms with Crippen molar-refractivity contribution < 1.29 is 23.1 Å². The Labute approximate surface area is 110 Å². The smallest absolute Gasteiger partial charge is 0.433 e. The molecule has 0 aliphatic heterocycles. The van der Waals surface area contributed by atoms with Gasteiger partial charge in [0.2, 0.25) is 0 Å². The van der Waals surface area contributed by atoms with Crippen LogP contribution in [0.15, 0.2) is 24.3 Å². The molecule has 0 spiro atoms. The molecule has 0 unspecified atom stereocenters. The van der Waals surface area contributed by atoms with Gasteiger partial charge in [-0.05, 0) is 23.8 Å². The van der Waals surface area contributed by atoms with Gasteiger partial charge in [0.1, 0.15) is 5.69 Å². The second kappa shape index (κ2) is 4.70. The van der Waals surface area contributed by atoms with Gasteiger partial charge in [-0.2, -0.15) is 13.2 Å². The summed E-state index contributed by atoms with van der Waals surface area (Å²) in [7, 11) is 0. The van der Waals surface area contributed by atoms with E-state index in [4.69, 9.17) is 16.7 Å². The summed E-state index contributed by atoms with van der Waals surface area (Å²) in [4.78, 5) is 14.0. The first-order valence-electron chi connectivity index (χ1n) is 5.15. The molecule has 0 radical (unpaired) electrons. The Bertz CT molecular complexity index is 655. The van der Waals surface area contributed by atoms with Gasteiger partial charge in [-0.3, -0.25) is 4.79 Å². The Morgan fingerprint density at radius 3 is 2.58 bits per heavy atom. The lowest BCUT2D eigenvalue weighted by atomic mass is 10.1. The number of carboxylic acids is 1. The molecule has 0 amide bonds. The molecule has 2 aromatic rings. The predicted molar refractivity (Wildman–Crippen MR) is 63.1 cm³/mol. The number of aromatic nitrogens is 1. The molecule has 7 heteroatoms. The van der Waals surface area contributed by atoms with Crippen molar-refractivity contribution >= 4 is 28.5 Å². The largest absolute Gasteiger partial charge is 0.481 e. The number of fused-ring (bicyclic) bond motifs is 1. The molecule has 100 valence electrons. The zero-order chi connectivity index (χ0) is 14.2. The van der Waals surface area contributed by atoms with E-state index in [0.717, 1.165) is 6.07 Å². The molecule has 0 aliphatic rings. The molecule has 1 heterocycles. The van der Waals surface area contributed by atoms with Crippen LogP contribution in [0.25, 0.3) is 10.9 Å². The number of rotatable bonds is 2. The third kappa shape index (κ3) is 2.96. The van der Waals surface area contributed by atoms with Gasteiger partial charge < -0.3 is 5.11 Å². The number of alkyl halides is 3. The Morgan fingerprint density at radius 2 is 2.00 bits per heavy atom. The molecule has 0 bridgehead atoms. The van der Waals surface area contributed by atoms with E-state index in [1.165, 1.54) is 18.2 Å². The molecule has 0 saturated carbocycles. The van der Waals surface area contributed by atoms with Crippen LogP contribution in [0.2, 0.25) is 5.02 Å². The fraction of sp³-hybridized carbons (Fsp3) is 0.167. The first-order chi connectivity index (χ1) is 8.77. The van der Waals surface area contributed by atoms with Gasteiger partial charge in [0.05, 0.1) is 17.0 Å². The van der Waals surface area contributed by atoms with E-state index >= 15 is 0 Å².